The minimum absolute atomic E-state index is 0.0393. The van der Waals surface area contributed by atoms with Gasteiger partial charge in [-0.1, -0.05) is 15.9 Å². The molecule has 1 N–H and O–H groups in total. The third-order valence-corrected chi connectivity index (χ3v) is 5.29. The van der Waals surface area contributed by atoms with Crippen molar-refractivity contribution in [2.45, 2.75) is 18.5 Å². The first kappa shape index (κ1) is 13.9. The highest BCUT2D eigenvalue weighted by atomic mass is 79.9. The second-order valence-corrected chi connectivity index (χ2v) is 6.96. The van der Waals surface area contributed by atoms with Crippen LogP contribution < -0.4 is 5.32 Å². The van der Waals surface area contributed by atoms with Gasteiger partial charge in [0.2, 0.25) is 0 Å². The lowest BCUT2D eigenvalue weighted by molar-refractivity contribution is -0.130. The zero-order valence-electron chi connectivity index (χ0n) is 10.5. The molecule has 2 fully saturated rings. The molecule has 20 heavy (non-hydrogen) atoms. The molecule has 0 aromatic heterocycles. The summed E-state index contributed by atoms with van der Waals surface area (Å²) in [6.45, 7) is -0.0393. The van der Waals surface area contributed by atoms with E-state index < -0.39 is 17.4 Å². The Morgan fingerprint density at radius 2 is 2.25 bits per heavy atom. The van der Waals surface area contributed by atoms with Gasteiger partial charge in [0, 0.05) is 15.8 Å². The fraction of sp³-hybridized carbons (Fsp3) is 0.385. The number of halogens is 2. The summed E-state index contributed by atoms with van der Waals surface area (Å²) in [6, 6.07) is 4.06. The molecule has 0 aliphatic carbocycles. The normalized spacial score (nSPS) is 25.6. The van der Waals surface area contributed by atoms with E-state index in [4.69, 9.17) is 0 Å². The van der Waals surface area contributed by atoms with E-state index in [1.54, 1.807) is 23.9 Å². The highest BCUT2D eigenvalue weighted by Gasteiger charge is 2.52. The van der Waals surface area contributed by atoms with E-state index in [9.17, 15) is 14.0 Å². The first-order valence-electron chi connectivity index (χ1n) is 6.18. The summed E-state index contributed by atoms with van der Waals surface area (Å²) in [4.78, 5) is 25.5. The lowest BCUT2D eigenvalue weighted by Crippen LogP contribution is -2.46. The van der Waals surface area contributed by atoms with Crippen LogP contribution in [0, 0.1) is 5.82 Å². The van der Waals surface area contributed by atoms with Crippen LogP contribution in [-0.4, -0.2) is 33.9 Å². The molecule has 2 aliphatic heterocycles. The Morgan fingerprint density at radius 1 is 1.45 bits per heavy atom. The van der Waals surface area contributed by atoms with Gasteiger partial charge in [-0.25, -0.2) is 9.18 Å². The molecule has 0 radical (unpaired) electrons. The minimum Gasteiger partial charge on any atom is -0.322 e. The van der Waals surface area contributed by atoms with Crippen molar-refractivity contribution < 1.29 is 14.0 Å². The number of amides is 3. The molecule has 1 aromatic rings. The Balaban J connectivity index is 1.86. The molecule has 2 saturated heterocycles. The van der Waals surface area contributed by atoms with E-state index in [0.29, 0.717) is 22.2 Å². The van der Waals surface area contributed by atoms with Crippen LogP contribution in [0.4, 0.5) is 9.18 Å². The van der Waals surface area contributed by atoms with Gasteiger partial charge in [-0.05, 0) is 30.4 Å². The molecule has 1 aromatic carbocycles. The Hall–Kier alpha value is -1.08. The summed E-state index contributed by atoms with van der Waals surface area (Å²) >= 11 is 4.91. The van der Waals surface area contributed by atoms with Gasteiger partial charge >= 0.3 is 6.03 Å². The average molecular weight is 359 g/mol. The molecule has 1 unspecified atom stereocenters. The van der Waals surface area contributed by atoms with Crippen LogP contribution in [0.3, 0.4) is 0 Å². The fourth-order valence-electron chi connectivity index (χ4n) is 2.49. The maximum absolute atomic E-state index is 13.8. The third-order valence-electron chi connectivity index (χ3n) is 3.60. The van der Waals surface area contributed by atoms with E-state index in [0.717, 1.165) is 10.7 Å². The average Bonchev–Trinajstić information content (AvgIpc) is 2.96. The number of hydrogen-bond donors (Lipinski definition) is 1. The summed E-state index contributed by atoms with van der Waals surface area (Å²) in [6.07, 6.45) is 0.639. The quantitative estimate of drug-likeness (QED) is 0.826. The van der Waals surface area contributed by atoms with Gasteiger partial charge in [0.1, 0.15) is 11.4 Å². The van der Waals surface area contributed by atoms with Crippen LogP contribution >= 0.6 is 27.7 Å². The lowest BCUT2D eigenvalue weighted by Gasteiger charge is -2.19. The number of rotatable bonds is 2. The molecule has 4 nitrogen and oxygen atoms in total. The first-order chi connectivity index (χ1) is 9.52. The van der Waals surface area contributed by atoms with Crippen molar-refractivity contribution in [2.75, 3.05) is 11.5 Å². The van der Waals surface area contributed by atoms with Gasteiger partial charge in [-0.2, -0.15) is 11.8 Å². The summed E-state index contributed by atoms with van der Waals surface area (Å²) < 4.78 is 14.5. The van der Waals surface area contributed by atoms with Crippen LogP contribution in [0.1, 0.15) is 12.0 Å². The van der Waals surface area contributed by atoms with Crippen LogP contribution in [0.25, 0.3) is 0 Å². The van der Waals surface area contributed by atoms with Crippen LogP contribution in [0.5, 0.6) is 0 Å². The number of carbonyl (C=O) groups excluding carboxylic acids is 2. The summed E-state index contributed by atoms with van der Waals surface area (Å²) in [7, 11) is 0. The van der Waals surface area contributed by atoms with Crippen molar-refractivity contribution in [3.8, 4) is 0 Å². The summed E-state index contributed by atoms with van der Waals surface area (Å²) in [5.74, 6) is 0.780. The maximum atomic E-state index is 13.8. The van der Waals surface area contributed by atoms with Gasteiger partial charge in [-0.3, -0.25) is 9.69 Å². The Labute approximate surface area is 128 Å². The third kappa shape index (κ3) is 2.22. The largest absolute Gasteiger partial charge is 0.325 e. The number of nitrogens with zero attached hydrogens (tertiary/aromatic N) is 1. The molecule has 2 heterocycles. The van der Waals surface area contributed by atoms with Crippen molar-refractivity contribution in [3.63, 3.8) is 0 Å². The van der Waals surface area contributed by atoms with E-state index in [-0.39, 0.29) is 12.5 Å². The molecule has 3 amide bonds. The van der Waals surface area contributed by atoms with E-state index in [1.807, 2.05) is 0 Å². The fourth-order valence-corrected chi connectivity index (χ4v) is 4.22. The summed E-state index contributed by atoms with van der Waals surface area (Å²) in [5.41, 5.74) is -0.449. The second-order valence-electron chi connectivity index (χ2n) is 4.94. The highest BCUT2D eigenvalue weighted by Crippen LogP contribution is 2.34. The van der Waals surface area contributed by atoms with E-state index in [2.05, 4.69) is 21.2 Å². The van der Waals surface area contributed by atoms with Crippen LogP contribution in [0.2, 0.25) is 0 Å². The van der Waals surface area contributed by atoms with E-state index >= 15 is 0 Å². The maximum Gasteiger partial charge on any atom is 0.325 e. The second kappa shape index (κ2) is 5.04. The molecular formula is C13H12BrFN2O2S. The predicted molar refractivity (Wildman–Crippen MR) is 77.9 cm³/mol. The van der Waals surface area contributed by atoms with Gasteiger partial charge in [-0.15, -0.1) is 0 Å². The molecule has 1 atom stereocenters. The van der Waals surface area contributed by atoms with Crippen molar-refractivity contribution in [3.05, 3.63) is 34.1 Å². The minimum atomic E-state index is -0.774. The molecular weight excluding hydrogens is 347 g/mol. The zero-order valence-corrected chi connectivity index (χ0v) is 12.9. The van der Waals surface area contributed by atoms with Gasteiger partial charge in [0.15, 0.2) is 0 Å². The molecule has 3 rings (SSSR count). The first-order valence-corrected chi connectivity index (χ1v) is 8.12. The molecule has 2 aliphatic rings. The Morgan fingerprint density at radius 3 is 2.95 bits per heavy atom. The van der Waals surface area contributed by atoms with Crippen molar-refractivity contribution in [2.24, 2.45) is 0 Å². The standard InChI is InChI=1S/C13H12BrFN2O2S/c14-9-1-2-10(15)8(5-9)6-17-11(18)13(16-12(17)19)3-4-20-7-13/h1-2,5H,3-4,6-7H2,(H,16,19). The molecule has 1 spiro atoms. The van der Waals surface area contributed by atoms with Crippen molar-refractivity contribution in [1.29, 1.82) is 0 Å². The molecule has 106 valence electrons. The lowest BCUT2D eigenvalue weighted by atomic mass is 9.99. The van der Waals surface area contributed by atoms with Crippen LogP contribution in [0.15, 0.2) is 22.7 Å². The molecule has 0 saturated carbocycles. The van der Waals surface area contributed by atoms with Crippen molar-refractivity contribution in [1.82, 2.24) is 10.2 Å². The topological polar surface area (TPSA) is 49.4 Å². The number of hydrogen-bond acceptors (Lipinski definition) is 3. The number of carbonyl (C=O) groups is 2. The Bertz CT molecular complexity index is 590. The van der Waals surface area contributed by atoms with Gasteiger partial charge in [0.05, 0.1) is 6.54 Å². The number of nitrogens with one attached hydrogen (secondary N) is 1. The number of thioether (sulfide) groups is 1. The molecule has 0 bridgehead atoms. The van der Waals surface area contributed by atoms with Gasteiger partial charge in [0.25, 0.3) is 5.91 Å². The Kier molecular flexibility index (Phi) is 3.50. The van der Waals surface area contributed by atoms with Crippen LogP contribution in [-0.2, 0) is 11.3 Å². The number of imide groups is 1. The highest BCUT2D eigenvalue weighted by molar-refractivity contribution is 9.10. The SMILES string of the molecule is O=C1NC2(CCSC2)C(=O)N1Cc1cc(Br)ccc1F. The van der Waals surface area contributed by atoms with Gasteiger partial charge < -0.3 is 5.32 Å². The summed E-state index contributed by atoms with van der Waals surface area (Å²) in [5, 5.41) is 2.77. The van der Waals surface area contributed by atoms with E-state index in [1.165, 1.54) is 6.07 Å². The zero-order chi connectivity index (χ0) is 14.3. The monoisotopic (exact) mass is 358 g/mol. The smallest absolute Gasteiger partial charge is 0.322 e. The van der Waals surface area contributed by atoms with Crippen molar-refractivity contribution >= 4 is 39.6 Å². The predicted octanol–water partition coefficient (Wildman–Crippen LogP) is 2.52. The number of urea groups is 1. The molecule has 7 heteroatoms. The number of benzene rings is 1.